The van der Waals surface area contributed by atoms with Gasteiger partial charge < -0.3 is 9.47 Å². The van der Waals surface area contributed by atoms with E-state index in [4.69, 9.17) is 9.47 Å². The summed E-state index contributed by atoms with van der Waals surface area (Å²) in [5.74, 6) is 0. The molecule has 7 nitrogen and oxygen atoms in total. The average Bonchev–Trinajstić information content (AvgIpc) is 3.03. The standard InChI is InChI=1S/C21H23N3O4S/c1-15-18(13-22)20(23-21(26)28-11-8-24-6-9-27-10-7-24)29-19(15)12-16-2-4-17(14-25)5-3-16/h2-5,14H,6-12H2,1H3,(H,23,26). The topological polar surface area (TPSA) is 91.7 Å². The van der Waals surface area contributed by atoms with Crippen molar-refractivity contribution in [3.05, 3.63) is 51.4 Å². The van der Waals surface area contributed by atoms with Crippen molar-refractivity contribution >= 4 is 28.7 Å². The Balaban J connectivity index is 1.59. The Morgan fingerprint density at radius 2 is 2.07 bits per heavy atom. The lowest BCUT2D eigenvalue weighted by Gasteiger charge is -2.26. The Bertz CT molecular complexity index is 896. The van der Waals surface area contributed by atoms with Crippen LogP contribution in [0.2, 0.25) is 0 Å². The molecular weight excluding hydrogens is 390 g/mol. The fourth-order valence-corrected chi connectivity index (χ4v) is 4.25. The van der Waals surface area contributed by atoms with Crippen molar-refractivity contribution in [1.29, 1.82) is 5.26 Å². The van der Waals surface area contributed by atoms with Gasteiger partial charge in [-0.3, -0.25) is 15.0 Å². The van der Waals surface area contributed by atoms with Gasteiger partial charge in [0.1, 0.15) is 24.0 Å². The molecule has 1 amide bonds. The predicted octanol–water partition coefficient (Wildman–Crippen LogP) is 3.21. The van der Waals surface area contributed by atoms with Gasteiger partial charge in [-0.25, -0.2) is 4.79 Å². The number of nitrogens with zero attached hydrogens (tertiary/aromatic N) is 2. The van der Waals surface area contributed by atoms with Crippen molar-refractivity contribution in [1.82, 2.24) is 4.90 Å². The first-order valence-electron chi connectivity index (χ1n) is 9.41. The van der Waals surface area contributed by atoms with E-state index in [2.05, 4.69) is 16.3 Å². The molecule has 0 spiro atoms. The van der Waals surface area contributed by atoms with E-state index in [1.54, 1.807) is 12.1 Å². The van der Waals surface area contributed by atoms with Crippen molar-refractivity contribution in [2.75, 3.05) is 44.8 Å². The number of nitrogens with one attached hydrogen (secondary N) is 1. The molecule has 1 aliphatic heterocycles. The van der Waals surface area contributed by atoms with Crippen LogP contribution in [0.15, 0.2) is 24.3 Å². The van der Waals surface area contributed by atoms with E-state index in [0.29, 0.717) is 42.3 Å². The van der Waals surface area contributed by atoms with Crippen LogP contribution in [0, 0.1) is 18.3 Å². The summed E-state index contributed by atoms with van der Waals surface area (Å²) in [4.78, 5) is 26.1. The monoisotopic (exact) mass is 413 g/mol. The molecule has 0 atom stereocenters. The largest absolute Gasteiger partial charge is 0.448 e. The molecule has 1 aromatic carbocycles. The van der Waals surface area contributed by atoms with E-state index >= 15 is 0 Å². The van der Waals surface area contributed by atoms with E-state index in [0.717, 1.165) is 35.4 Å². The fraction of sp³-hybridized carbons (Fsp3) is 0.381. The van der Waals surface area contributed by atoms with Gasteiger partial charge in [0.05, 0.1) is 18.8 Å². The maximum atomic E-state index is 12.2. The molecule has 1 N–H and O–H groups in total. The van der Waals surface area contributed by atoms with E-state index in [9.17, 15) is 14.9 Å². The van der Waals surface area contributed by atoms with Crippen LogP contribution in [-0.4, -0.2) is 56.7 Å². The molecule has 0 unspecified atom stereocenters. The molecule has 1 aliphatic rings. The minimum absolute atomic E-state index is 0.286. The number of hydrogen-bond donors (Lipinski definition) is 1. The number of thiophene rings is 1. The molecule has 2 heterocycles. The van der Waals surface area contributed by atoms with Crippen molar-refractivity contribution in [2.45, 2.75) is 13.3 Å². The third-order valence-electron chi connectivity index (χ3n) is 4.80. The summed E-state index contributed by atoms with van der Waals surface area (Å²) in [6, 6.07) is 9.49. The van der Waals surface area contributed by atoms with Gasteiger partial charge >= 0.3 is 6.09 Å². The highest BCUT2D eigenvalue weighted by atomic mass is 32.1. The maximum absolute atomic E-state index is 12.2. The summed E-state index contributed by atoms with van der Waals surface area (Å²) in [5, 5.41) is 12.7. The van der Waals surface area contributed by atoms with Gasteiger partial charge in [-0.05, 0) is 18.1 Å². The number of rotatable bonds is 7. The van der Waals surface area contributed by atoms with Crippen LogP contribution in [-0.2, 0) is 15.9 Å². The van der Waals surface area contributed by atoms with Crippen LogP contribution in [0.1, 0.15) is 31.9 Å². The Labute approximate surface area is 173 Å². The fourth-order valence-electron chi connectivity index (χ4n) is 3.07. The van der Waals surface area contributed by atoms with Gasteiger partial charge in [-0.1, -0.05) is 24.3 Å². The molecule has 1 saturated heterocycles. The number of ether oxygens (including phenoxy) is 2. The van der Waals surface area contributed by atoms with E-state index in [1.165, 1.54) is 11.3 Å². The minimum Gasteiger partial charge on any atom is -0.448 e. The van der Waals surface area contributed by atoms with Crippen LogP contribution in [0.25, 0.3) is 0 Å². The van der Waals surface area contributed by atoms with Gasteiger partial charge in [-0.15, -0.1) is 11.3 Å². The summed E-state index contributed by atoms with van der Waals surface area (Å²) < 4.78 is 10.6. The average molecular weight is 413 g/mol. The first kappa shape index (κ1) is 21.0. The predicted molar refractivity (Wildman–Crippen MR) is 111 cm³/mol. The van der Waals surface area contributed by atoms with Crippen LogP contribution < -0.4 is 5.32 Å². The molecule has 1 aromatic heterocycles. The summed E-state index contributed by atoms with van der Waals surface area (Å²) in [7, 11) is 0. The quantitative estimate of drug-likeness (QED) is 0.701. The molecule has 0 aliphatic carbocycles. The summed E-state index contributed by atoms with van der Waals surface area (Å²) in [5.41, 5.74) is 2.96. The lowest BCUT2D eigenvalue weighted by Crippen LogP contribution is -2.38. The highest BCUT2D eigenvalue weighted by Crippen LogP contribution is 2.34. The second-order valence-electron chi connectivity index (χ2n) is 6.72. The van der Waals surface area contributed by atoms with Crippen LogP contribution in [0.4, 0.5) is 9.80 Å². The zero-order valence-electron chi connectivity index (χ0n) is 16.3. The normalized spacial score (nSPS) is 14.2. The lowest BCUT2D eigenvalue weighted by atomic mass is 10.1. The number of hydrogen-bond acceptors (Lipinski definition) is 7. The zero-order valence-corrected chi connectivity index (χ0v) is 17.1. The van der Waals surface area contributed by atoms with Crippen LogP contribution in [0.3, 0.4) is 0 Å². The summed E-state index contributed by atoms with van der Waals surface area (Å²) >= 11 is 1.37. The number of aldehydes is 1. The second kappa shape index (κ2) is 10.2. The molecular formula is C21H23N3O4S. The van der Waals surface area contributed by atoms with E-state index < -0.39 is 6.09 Å². The van der Waals surface area contributed by atoms with Crippen molar-refractivity contribution in [3.8, 4) is 6.07 Å². The highest BCUT2D eigenvalue weighted by molar-refractivity contribution is 7.16. The summed E-state index contributed by atoms with van der Waals surface area (Å²) in [6.07, 6.45) is 0.872. The number of anilines is 1. The molecule has 0 bridgehead atoms. The molecule has 3 rings (SSSR count). The Kier molecular flexibility index (Phi) is 7.36. The molecule has 2 aromatic rings. The van der Waals surface area contributed by atoms with Gasteiger partial charge in [0.15, 0.2) is 0 Å². The molecule has 0 saturated carbocycles. The van der Waals surface area contributed by atoms with E-state index in [-0.39, 0.29) is 6.61 Å². The van der Waals surface area contributed by atoms with E-state index in [1.807, 2.05) is 19.1 Å². The lowest BCUT2D eigenvalue weighted by molar-refractivity contribution is 0.0290. The Hall–Kier alpha value is -2.73. The first-order valence-corrected chi connectivity index (χ1v) is 10.2. The second-order valence-corrected chi connectivity index (χ2v) is 7.82. The number of amides is 1. The number of morpholine rings is 1. The Morgan fingerprint density at radius 3 is 2.72 bits per heavy atom. The van der Waals surface area contributed by atoms with Crippen LogP contribution >= 0.6 is 11.3 Å². The zero-order chi connectivity index (χ0) is 20.6. The van der Waals surface area contributed by atoms with Gasteiger partial charge in [0, 0.05) is 36.5 Å². The maximum Gasteiger partial charge on any atom is 0.412 e. The number of nitriles is 1. The Morgan fingerprint density at radius 1 is 1.34 bits per heavy atom. The molecule has 152 valence electrons. The van der Waals surface area contributed by atoms with Crippen molar-refractivity contribution in [2.24, 2.45) is 0 Å². The molecule has 1 fully saturated rings. The van der Waals surface area contributed by atoms with Gasteiger partial charge in [-0.2, -0.15) is 5.26 Å². The smallest absolute Gasteiger partial charge is 0.412 e. The number of carbonyl (C=O) groups excluding carboxylic acids is 2. The van der Waals surface area contributed by atoms with Crippen LogP contribution in [0.5, 0.6) is 0 Å². The van der Waals surface area contributed by atoms with Crippen molar-refractivity contribution < 1.29 is 19.1 Å². The summed E-state index contributed by atoms with van der Waals surface area (Å²) in [6.45, 7) is 5.90. The third-order valence-corrected chi connectivity index (χ3v) is 6.01. The third kappa shape index (κ3) is 5.64. The number of benzene rings is 1. The first-order chi connectivity index (χ1) is 14.1. The number of carbonyl (C=O) groups is 2. The molecule has 29 heavy (non-hydrogen) atoms. The van der Waals surface area contributed by atoms with Crippen molar-refractivity contribution in [3.63, 3.8) is 0 Å². The molecule has 0 radical (unpaired) electrons. The SMILES string of the molecule is Cc1c(Cc2ccc(C=O)cc2)sc(NC(=O)OCCN2CCOCC2)c1C#N. The van der Waals surface area contributed by atoms with Gasteiger partial charge in [0.2, 0.25) is 0 Å². The minimum atomic E-state index is -0.558. The van der Waals surface area contributed by atoms with Gasteiger partial charge in [0.25, 0.3) is 0 Å². The highest BCUT2D eigenvalue weighted by Gasteiger charge is 2.18. The molecule has 8 heteroatoms.